The van der Waals surface area contributed by atoms with Gasteiger partial charge in [-0.25, -0.2) is 10.8 Å². The van der Waals surface area contributed by atoms with Crippen LogP contribution in [0.1, 0.15) is 30.1 Å². The minimum absolute atomic E-state index is 0.00676. The molecule has 0 radical (unpaired) electrons. The van der Waals surface area contributed by atoms with Crippen LogP contribution >= 0.6 is 15.9 Å². The first-order valence-electron chi connectivity index (χ1n) is 6.07. The molecular formula is C12H17BrN4O. The number of hydrogen-bond acceptors (Lipinski definition) is 4. The third-order valence-electron chi connectivity index (χ3n) is 3.37. The van der Waals surface area contributed by atoms with E-state index in [1.54, 1.807) is 12.3 Å². The maximum absolute atomic E-state index is 12.4. The van der Waals surface area contributed by atoms with Crippen molar-refractivity contribution in [3.63, 3.8) is 0 Å². The first-order valence-corrected chi connectivity index (χ1v) is 6.86. The lowest BCUT2D eigenvalue weighted by atomic mass is 10.1. The number of hydrazine groups is 1. The van der Waals surface area contributed by atoms with E-state index in [0.717, 1.165) is 30.4 Å². The minimum Gasteiger partial charge on any atom is -0.338 e. The molecular weight excluding hydrogens is 296 g/mol. The van der Waals surface area contributed by atoms with E-state index in [9.17, 15) is 4.79 Å². The first-order chi connectivity index (χ1) is 8.65. The van der Waals surface area contributed by atoms with Gasteiger partial charge in [0.15, 0.2) is 5.82 Å². The molecule has 1 fully saturated rings. The summed E-state index contributed by atoms with van der Waals surface area (Å²) >= 11 is 3.33. The SMILES string of the molecule is CCC1CCN(C(=O)c2cc(Br)cnc2NN)C1. The highest BCUT2D eigenvalue weighted by atomic mass is 79.9. The summed E-state index contributed by atoms with van der Waals surface area (Å²) in [5.41, 5.74) is 2.99. The number of likely N-dealkylation sites (tertiary alicyclic amines) is 1. The third kappa shape index (κ3) is 2.64. The van der Waals surface area contributed by atoms with Gasteiger partial charge in [-0.1, -0.05) is 13.3 Å². The van der Waals surface area contributed by atoms with Crippen LogP contribution in [0.25, 0.3) is 0 Å². The predicted molar refractivity (Wildman–Crippen MR) is 74.0 cm³/mol. The molecule has 98 valence electrons. The largest absolute Gasteiger partial charge is 0.338 e. The normalized spacial score (nSPS) is 19.1. The van der Waals surface area contributed by atoms with E-state index >= 15 is 0 Å². The molecule has 1 saturated heterocycles. The number of nitrogens with one attached hydrogen (secondary N) is 1. The van der Waals surface area contributed by atoms with Crippen molar-refractivity contribution in [3.05, 3.63) is 22.3 Å². The number of anilines is 1. The van der Waals surface area contributed by atoms with Crippen LogP contribution in [0.15, 0.2) is 16.7 Å². The molecule has 2 rings (SSSR count). The Morgan fingerprint density at radius 1 is 1.72 bits per heavy atom. The van der Waals surface area contributed by atoms with Crippen molar-refractivity contribution in [2.75, 3.05) is 18.5 Å². The monoisotopic (exact) mass is 312 g/mol. The van der Waals surface area contributed by atoms with Crippen LogP contribution < -0.4 is 11.3 Å². The molecule has 6 heteroatoms. The van der Waals surface area contributed by atoms with Crippen LogP contribution in [0.3, 0.4) is 0 Å². The summed E-state index contributed by atoms with van der Waals surface area (Å²) < 4.78 is 0.774. The zero-order valence-electron chi connectivity index (χ0n) is 10.3. The predicted octanol–water partition coefficient (Wildman–Crippen LogP) is 2.00. The molecule has 1 aliphatic heterocycles. The van der Waals surface area contributed by atoms with Gasteiger partial charge in [-0.2, -0.15) is 0 Å². The molecule has 0 aliphatic carbocycles. The Morgan fingerprint density at radius 3 is 3.11 bits per heavy atom. The van der Waals surface area contributed by atoms with E-state index in [0.29, 0.717) is 17.3 Å². The Kier molecular flexibility index (Phi) is 4.19. The van der Waals surface area contributed by atoms with Crippen molar-refractivity contribution in [2.24, 2.45) is 11.8 Å². The topological polar surface area (TPSA) is 71.2 Å². The number of nitrogen functional groups attached to an aromatic ring is 1. The second kappa shape index (κ2) is 5.67. The molecule has 18 heavy (non-hydrogen) atoms. The number of nitrogens with zero attached hydrogens (tertiary/aromatic N) is 2. The van der Waals surface area contributed by atoms with Gasteiger partial charge in [-0.05, 0) is 34.3 Å². The lowest BCUT2D eigenvalue weighted by Crippen LogP contribution is -2.30. The highest BCUT2D eigenvalue weighted by Crippen LogP contribution is 2.24. The van der Waals surface area contributed by atoms with E-state index in [4.69, 9.17) is 5.84 Å². The number of rotatable bonds is 3. The maximum Gasteiger partial charge on any atom is 0.257 e. The summed E-state index contributed by atoms with van der Waals surface area (Å²) in [4.78, 5) is 18.4. The van der Waals surface area contributed by atoms with E-state index in [-0.39, 0.29) is 5.91 Å². The quantitative estimate of drug-likeness (QED) is 0.661. The second-order valence-electron chi connectivity index (χ2n) is 4.51. The van der Waals surface area contributed by atoms with Crippen LogP contribution in [0.4, 0.5) is 5.82 Å². The van der Waals surface area contributed by atoms with Gasteiger partial charge < -0.3 is 10.3 Å². The van der Waals surface area contributed by atoms with E-state index in [1.807, 2.05) is 4.90 Å². The molecule has 0 spiro atoms. The Morgan fingerprint density at radius 2 is 2.50 bits per heavy atom. The van der Waals surface area contributed by atoms with Crippen LogP contribution in [-0.4, -0.2) is 28.9 Å². The summed E-state index contributed by atoms with van der Waals surface area (Å²) in [5.74, 6) is 6.42. The summed E-state index contributed by atoms with van der Waals surface area (Å²) in [6, 6.07) is 1.75. The Labute approximate surface area is 115 Å². The van der Waals surface area contributed by atoms with Crippen molar-refractivity contribution in [3.8, 4) is 0 Å². The standard InChI is InChI=1S/C12H17BrN4O/c1-2-8-3-4-17(7-8)12(18)10-5-9(13)6-15-11(10)16-14/h5-6,8H,2-4,7,14H2,1H3,(H,15,16). The zero-order chi connectivity index (χ0) is 13.1. The van der Waals surface area contributed by atoms with Crippen LogP contribution in [0.2, 0.25) is 0 Å². The Hall–Kier alpha value is -1.14. The molecule has 1 aromatic rings. The summed E-state index contributed by atoms with van der Waals surface area (Å²) in [7, 11) is 0. The number of carbonyl (C=O) groups excluding carboxylic acids is 1. The fourth-order valence-corrected chi connectivity index (χ4v) is 2.57. The molecule has 1 aromatic heterocycles. The molecule has 2 heterocycles. The minimum atomic E-state index is -0.00676. The van der Waals surface area contributed by atoms with Gasteiger partial charge in [0.2, 0.25) is 0 Å². The number of nitrogens with two attached hydrogens (primary N) is 1. The number of carbonyl (C=O) groups is 1. The molecule has 0 aromatic carbocycles. The molecule has 1 aliphatic rings. The van der Waals surface area contributed by atoms with Gasteiger partial charge in [0.1, 0.15) is 0 Å². The van der Waals surface area contributed by atoms with Crippen molar-refractivity contribution >= 4 is 27.7 Å². The van der Waals surface area contributed by atoms with Gasteiger partial charge in [-0.15, -0.1) is 0 Å². The molecule has 1 atom stereocenters. The molecule has 0 bridgehead atoms. The van der Waals surface area contributed by atoms with E-state index < -0.39 is 0 Å². The van der Waals surface area contributed by atoms with Crippen LogP contribution in [0.5, 0.6) is 0 Å². The first kappa shape index (κ1) is 13.3. The molecule has 1 amide bonds. The molecule has 0 saturated carbocycles. The number of amides is 1. The zero-order valence-corrected chi connectivity index (χ0v) is 11.9. The third-order valence-corrected chi connectivity index (χ3v) is 3.81. The average Bonchev–Trinajstić information content (AvgIpc) is 2.86. The van der Waals surface area contributed by atoms with Gasteiger partial charge in [0.25, 0.3) is 5.91 Å². The number of hydrogen-bond donors (Lipinski definition) is 2. The maximum atomic E-state index is 12.4. The molecule has 5 nitrogen and oxygen atoms in total. The fourth-order valence-electron chi connectivity index (χ4n) is 2.24. The van der Waals surface area contributed by atoms with Gasteiger partial charge in [0, 0.05) is 23.8 Å². The number of pyridine rings is 1. The lowest BCUT2D eigenvalue weighted by Gasteiger charge is -2.18. The van der Waals surface area contributed by atoms with Gasteiger partial charge >= 0.3 is 0 Å². The molecule has 3 N–H and O–H groups in total. The van der Waals surface area contributed by atoms with Crippen LogP contribution in [0, 0.1) is 5.92 Å². The van der Waals surface area contributed by atoms with E-state index in [1.165, 1.54) is 0 Å². The second-order valence-corrected chi connectivity index (χ2v) is 5.42. The highest BCUT2D eigenvalue weighted by molar-refractivity contribution is 9.10. The number of aromatic nitrogens is 1. The number of halogens is 1. The van der Waals surface area contributed by atoms with Crippen molar-refractivity contribution < 1.29 is 4.79 Å². The van der Waals surface area contributed by atoms with Crippen molar-refractivity contribution in [1.29, 1.82) is 0 Å². The lowest BCUT2D eigenvalue weighted by molar-refractivity contribution is 0.0787. The molecule has 1 unspecified atom stereocenters. The fraction of sp³-hybridized carbons (Fsp3) is 0.500. The highest BCUT2D eigenvalue weighted by Gasteiger charge is 2.27. The summed E-state index contributed by atoms with van der Waals surface area (Å²) in [6.45, 7) is 3.80. The smallest absolute Gasteiger partial charge is 0.257 e. The summed E-state index contributed by atoms with van der Waals surface area (Å²) in [5, 5.41) is 0. The Balaban J connectivity index is 2.21. The van der Waals surface area contributed by atoms with Crippen molar-refractivity contribution in [2.45, 2.75) is 19.8 Å². The summed E-state index contributed by atoms with van der Waals surface area (Å²) in [6.07, 6.45) is 3.81. The Bertz CT molecular complexity index is 452. The van der Waals surface area contributed by atoms with Crippen molar-refractivity contribution in [1.82, 2.24) is 9.88 Å². The van der Waals surface area contributed by atoms with Gasteiger partial charge in [0.05, 0.1) is 5.56 Å². The average molecular weight is 313 g/mol. The van der Waals surface area contributed by atoms with E-state index in [2.05, 4.69) is 33.3 Å². The van der Waals surface area contributed by atoms with Gasteiger partial charge in [-0.3, -0.25) is 4.79 Å². The van der Waals surface area contributed by atoms with Crippen LogP contribution in [-0.2, 0) is 0 Å².